The molecule has 0 radical (unpaired) electrons. The predicted octanol–water partition coefficient (Wildman–Crippen LogP) is 3.06. The maximum atomic E-state index is 4.43. The molecule has 14 heavy (non-hydrogen) atoms. The first-order valence-electron chi connectivity index (χ1n) is 5.82. The van der Waals surface area contributed by atoms with Crippen molar-refractivity contribution in [2.24, 2.45) is 17.8 Å². The van der Waals surface area contributed by atoms with E-state index < -0.39 is 0 Å². The van der Waals surface area contributed by atoms with Gasteiger partial charge in [0.1, 0.15) is 0 Å². The molecule has 0 aliphatic heterocycles. The van der Waals surface area contributed by atoms with E-state index >= 15 is 0 Å². The Labute approximate surface area is 85.6 Å². The van der Waals surface area contributed by atoms with Gasteiger partial charge in [-0.2, -0.15) is 0 Å². The van der Waals surface area contributed by atoms with Crippen LogP contribution in [0.4, 0.5) is 0 Å². The summed E-state index contributed by atoms with van der Waals surface area (Å²) in [6.45, 7) is 0. The molecule has 74 valence electrons. The van der Waals surface area contributed by atoms with Crippen LogP contribution in [0.15, 0.2) is 24.4 Å². The van der Waals surface area contributed by atoms with Crippen LogP contribution in [0.3, 0.4) is 0 Å². The van der Waals surface area contributed by atoms with Gasteiger partial charge in [-0.1, -0.05) is 12.5 Å². The molecule has 2 saturated carbocycles. The zero-order valence-electron chi connectivity index (χ0n) is 8.52. The summed E-state index contributed by atoms with van der Waals surface area (Å²) in [6, 6.07) is 6.28. The lowest BCUT2D eigenvalue weighted by Crippen LogP contribution is -2.13. The van der Waals surface area contributed by atoms with Crippen LogP contribution in [-0.2, 0) is 6.42 Å². The van der Waals surface area contributed by atoms with Gasteiger partial charge in [-0.15, -0.1) is 0 Å². The summed E-state index contributed by atoms with van der Waals surface area (Å²) in [5.74, 6) is 3.04. The second-order valence-electron chi connectivity index (χ2n) is 4.96. The maximum Gasteiger partial charge on any atom is 0.0406 e. The van der Waals surface area contributed by atoms with E-state index in [1.165, 1.54) is 37.8 Å². The Morgan fingerprint density at radius 3 is 2.86 bits per heavy atom. The number of nitrogens with zero attached hydrogens (tertiary/aromatic N) is 1. The third-order valence-electron chi connectivity index (χ3n) is 4.08. The van der Waals surface area contributed by atoms with E-state index in [9.17, 15) is 0 Å². The van der Waals surface area contributed by atoms with Crippen LogP contribution in [-0.4, -0.2) is 4.98 Å². The van der Waals surface area contributed by atoms with Crippen molar-refractivity contribution >= 4 is 0 Å². The van der Waals surface area contributed by atoms with Crippen molar-refractivity contribution < 1.29 is 0 Å². The highest BCUT2D eigenvalue weighted by atomic mass is 14.7. The average Bonchev–Trinajstić information content (AvgIpc) is 2.81. The van der Waals surface area contributed by atoms with Crippen molar-refractivity contribution in [2.75, 3.05) is 0 Å². The van der Waals surface area contributed by atoms with Crippen molar-refractivity contribution in [3.8, 4) is 0 Å². The molecule has 3 rings (SSSR count). The third kappa shape index (κ3) is 1.45. The van der Waals surface area contributed by atoms with Gasteiger partial charge in [0.05, 0.1) is 0 Å². The molecule has 1 aromatic heterocycles. The lowest BCUT2D eigenvalue weighted by atomic mass is 9.85. The van der Waals surface area contributed by atoms with Gasteiger partial charge in [-0.05, 0) is 55.6 Å². The SMILES string of the molecule is c1ccc(C[C@@H]2C[C@H]3CC[C@@H]2C3)nc1. The van der Waals surface area contributed by atoms with Crippen LogP contribution < -0.4 is 0 Å². The van der Waals surface area contributed by atoms with Crippen LogP contribution in [0.2, 0.25) is 0 Å². The summed E-state index contributed by atoms with van der Waals surface area (Å²) in [6.07, 6.45) is 9.12. The minimum atomic E-state index is 0.948. The molecule has 1 heterocycles. The van der Waals surface area contributed by atoms with E-state index in [0.717, 1.165) is 17.8 Å². The normalized spacial score (nSPS) is 35.0. The van der Waals surface area contributed by atoms with E-state index in [0.29, 0.717) is 0 Å². The average molecular weight is 187 g/mol. The summed E-state index contributed by atoms with van der Waals surface area (Å²) in [5, 5.41) is 0. The van der Waals surface area contributed by atoms with E-state index in [2.05, 4.69) is 17.1 Å². The van der Waals surface area contributed by atoms with Gasteiger partial charge in [0, 0.05) is 11.9 Å². The molecule has 0 saturated heterocycles. The van der Waals surface area contributed by atoms with Gasteiger partial charge in [0.2, 0.25) is 0 Å². The van der Waals surface area contributed by atoms with Crippen LogP contribution in [0.5, 0.6) is 0 Å². The van der Waals surface area contributed by atoms with E-state index in [1.54, 1.807) is 0 Å². The Bertz CT molecular complexity index is 306. The quantitative estimate of drug-likeness (QED) is 0.693. The molecular formula is C13H17N. The molecule has 0 aromatic carbocycles. The van der Waals surface area contributed by atoms with E-state index in [1.807, 2.05) is 12.3 Å². The van der Waals surface area contributed by atoms with Crippen LogP contribution in [0.25, 0.3) is 0 Å². The number of hydrogen-bond donors (Lipinski definition) is 0. The van der Waals surface area contributed by atoms with Crippen molar-refractivity contribution in [2.45, 2.75) is 32.1 Å². The molecule has 0 amide bonds. The van der Waals surface area contributed by atoms with Gasteiger partial charge in [0.25, 0.3) is 0 Å². The summed E-state index contributed by atoms with van der Waals surface area (Å²) in [5.41, 5.74) is 1.30. The molecule has 3 atom stereocenters. The first-order chi connectivity index (χ1) is 6.92. The second kappa shape index (κ2) is 3.38. The molecule has 2 aliphatic rings. The molecule has 1 aromatic rings. The fraction of sp³-hybridized carbons (Fsp3) is 0.615. The summed E-state index contributed by atoms with van der Waals surface area (Å²) in [4.78, 5) is 4.43. The van der Waals surface area contributed by atoms with E-state index in [4.69, 9.17) is 0 Å². The Morgan fingerprint density at radius 1 is 1.21 bits per heavy atom. The largest absolute Gasteiger partial charge is 0.261 e. The first-order valence-corrected chi connectivity index (χ1v) is 5.82. The standard InChI is InChI=1S/C13H17N/c1-2-6-14-13(3-1)9-12-8-10-4-5-11(12)7-10/h1-3,6,10-12H,4-5,7-9H2/t10-,11+,12-/m0/s1. The Morgan fingerprint density at radius 2 is 2.21 bits per heavy atom. The smallest absolute Gasteiger partial charge is 0.0406 e. The molecule has 0 spiro atoms. The van der Waals surface area contributed by atoms with Gasteiger partial charge >= 0.3 is 0 Å². The molecule has 2 bridgehead atoms. The van der Waals surface area contributed by atoms with Crippen LogP contribution >= 0.6 is 0 Å². The molecule has 0 unspecified atom stereocenters. The number of fused-ring (bicyclic) bond motifs is 2. The topological polar surface area (TPSA) is 12.9 Å². The summed E-state index contributed by atoms with van der Waals surface area (Å²) >= 11 is 0. The minimum absolute atomic E-state index is 0.948. The van der Waals surface area contributed by atoms with Crippen molar-refractivity contribution in [3.05, 3.63) is 30.1 Å². The molecule has 2 fully saturated rings. The van der Waals surface area contributed by atoms with Gasteiger partial charge in [0.15, 0.2) is 0 Å². The summed E-state index contributed by atoms with van der Waals surface area (Å²) < 4.78 is 0. The lowest BCUT2D eigenvalue weighted by molar-refractivity contribution is 0.329. The Balaban J connectivity index is 1.69. The zero-order valence-corrected chi connectivity index (χ0v) is 8.52. The Hall–Kier alpha value is -0.850. The zero-order chi connectivity index (χ0) is 9.38. The molecule has 0 N–H and O–H groups in total. The van der Waals surface area contributed by atoms with Gasteiger partial charge in [-0.3, -0.25) is 4.98 Å². The van der Waals surface area contributed by atoms with Crippen LogP contribution in [0, 0.1) is 17.8 Å². The monoisotopic (exact) mass is 187 g/mol. The molecule has 2 aliphatic carbocycles. The number of aromatic nitrogens is 1. The highest BCUT2D eigenvalue weighted by Gasteiger charge is 2.39. The van der Waals surface area contributed by atoms with Crippen molar-refractivity contribution in [3.63, 3.8) is 0 Å². The van der Waals surface area contributed by atoms with Crippen LogP contribution in [0.1, 0.15) is 31.4 Å². The number of rotatable bonds is 2. The van der Waals surface area contributed by atoms with Gasteiger partial charge < -0.3 is 0 Å². The fourth-order valence-electron chi connectivity index (χ4n) is 3.41. The highest BCUT2D eigenvalue weighted by Crippen LogP contribution is 2.49. The number of hydrogen-bond acceptors (Lipinski definition) is 1. The van der Waals surface area contributed by atoms with Crippen molar-refractivity contribution in [1.29, 1.82) is 0 Å². The first kappa shape index (κ1) is 8.46. The maximum absolute atomic E-state index is 4.43. The molecule has 1 heteroatoms. The predicted molar refractivity (Wildman–Crippen MR) is 56.9 cm³/mol. The fourth-order valence-corrected chi connectivity index (χ4v) is 3.41. The molecular weight excluding hydrogens is 170 g/mol. The second-order valence-corrected chi connectivity index (χ2v) is 4.96. The lowest BCUT2D eigenvalue weighted by Gasteiger charge is -2.20. The van der Waals surface area contributed by atoms with E-state index in [-0.39, 0.29) is 0 Å². The molecule has 1 nitrogen and oxygen atoms in total. The van der Waals surface area contributed by atoms with Gasteiger partial charge in [-0.25, -0.2) is 0 Å². The van der Waals surface area contributed by atoms with Crippen molar-refractivity contribution in [1.82, 2.24) is 4.98 Å². The highest BCUT2D eigenvalue weighted by molar-refractivity contribution is 5.06. The summed E-state index contributed by atoms with van der Waals surface area (Å²) in [7, 11) is 0. The Kier molecular flexibility index (Phi) is 2.04. The number of pyridine rings is 1. The third-order valence-corrected chi connectivity index (χ3v) is 4.08. The minimum Gasteiger partial charge on any atom is -0.261 e.